The first kappa shape index (κ1) is 12.9. The lowest BCUT2D eigenvalue weighted by molar-refractivity contribution is -0.142. The molecule has 0 amide bonds. The average Bonchev–Trinajstić information content (AvgIpc) is 2.87. The van der Waals surface area contributed by atoms with Crippen molar-refractivity contribution in [2.45, 2.75) is 31.9 Å². The maximum absolute atomic E-state index is 11.4. The molecule has 0 saturated carbocycles. The Morgan fingerprint density at radius 1 is 1.39 bits per heavy atom. The number of rotatable bonds is 4. The summed E-state index contributed by atoms with van der Waals surface area (Å²) in [6, 6.07) is 7.84. The molecule has 18 heavy (non-hydrogen) atoms. The molecule has 0 spiro atoms. The number of aryl methyl sites for hydroxylation is 1. The summed E-state index contributed by atoms with van der Waals surface area (Å²) in [6.45, 7) is 2.80. The monoisotopic (exact) mass is 249 g/mol. The molecule has 0 unspecified atom stereocenters. The first-order valence-electron chi connectivity index (χ1n) is 6.29. The number of carbonyl (C=O) groups excluding carboxylic acids is 1. The lowest BCUT2D eigenvalue weighted by Gasteiger charge is -2.13. The minimum absolute atomic E-state index is 0.0292. The van der Waals surface area contributed by atoms with Gasteiger partial charge < -0.3 is 14.8 Å². The molecule has 0 radical (unpaired) electrons. The van der Waals surface area contributed by atoms with E-state index in [0.717, 1.165) is 12.2 Å². The van der Waals surface area contributed by atoms with E-state index in [0.29, 0.717) is 13.0 Å². The van der Waals surface area contributed by atoms with E-state index in [1.165, 1.54) is 12.7 Å². The highest BCUT2D eigenvalue weighted by molar-refractivity contribution is 5.76. The van der Waals surface area contributed by atoms with Crippen LogP contribution in [-0.2, 0) is 16.0 Å². The third-order valence-electron chi connectivity index (χ3n) is 3.21. The lowest BCUT2D eigenvalue weighted by atomic mass is 10.1. The van der Waals surface area contributed by atoms with Crippen molar-refractivity contribution in [2.75, 3.05) is 13.7 Å². The minimum atomic E-state index is -0.241. The molecule has 0 aromatic heterocycles. The van der Waals surface area contributed by atoms with Crippen LogP contribution in [0.5, 0.6) is 5.75 Å². The number of benzene rings is 1. The molecule has 1 aliphatic heterocycles. The summed E-state index contributed by atoms with van der Waals surface area (Å²) in [5.74, 6) is 0.631. The number of methoxy groups -OCH3 is 1. The van der Waals surface area contributed by atoms with Crippen LogP contribution >= 0.6 is 0 Å². The first-order valence-corrected chi connectivity index (χ1v) is 6.29. The molecule has 98 valence electrons. The Morgan fingerprint density at radius 2 is 2.11 bits per heavy atom. The van der Waals surface area contributed by atoms with E-state index in [2.05, 4.69) is 24.4 Å². The van der Waals surface area contributed by atoms with Crippen molar-refractivity contribution in [3.63, 3.8) is 0 Å². The van der Waals surface area contributed by atoms with Gasteiger partial charge in [0, 0.05) is 13.0 Å². The van der Waals surface area contributed by atoms with Crippen LogP contribution in [0.2, 0.25) is 0 Å². The van der Waals surface area contributed by atoms with Gasteiger partial charge in [-0.15, -0.1) is 0 Å². The zero-order valence-corrected chi connectivity index (χ0v) is 10.8. The maximum atomic E-state index is 11.4. The van der Waals surface area contributed by atoms with Crippen LogP contribution in [0, 0.1) is 0 Å². The predicted octanol–water partition coefficient (Wildman–Crippen LogP) is 1.53. The van der Waals surface area contributed by atoms with Crippen LogP contribution < -0.4 is 10.1 Å². The summed E-state index contributed by atoms with van der Waals surface area (Å²) in [5.41, 5.74) is 1.29. The van der Waals surface area contributed by atoms with Crippen LogP contribution in [0.1, 0.15) is 18.9 Å². The number of esters is 1. The van der Waals surface area contributed by atoms with Crippen molar-refractivity contribution in [1.82, 2.24) is 5.32 Å². The Balaban J connectivity index is 1.89. The molecule has 1 fully saturated rings. The molecule has 1 aliphatic rings. The molecule has 1 saturated heterocycles. The van der Waals surface area contributed by atoms with Gasteiger partial charge in [-0.25, -0.2) is 0 Å². The fourth-order valence-corrected chi connectivity index (χ4v) is 2.11. The standard InChI is InChI=1S/C14H19NO3/c1-3-10-4-6-11(7-5-10)18-12-8-13(15-9-12)14(16)17-2/h4-7,12-13,15H,3,8-9H2,1-2H3/t12-,13-/m0/s1. The van der Waals surface area contributed by atoms with Gasteiger partial charge in [0.15, 0.2) is 0 Å². The molecule has 0 aliphatic carbocycles. The molecule has 1 N–H and O–H groups in total. The predicted molar refractivity (Wildman–Crippen MR) is 68.7 cm³/mol. The normalized spacial score (nSPS) is 22.8. The number of hydrogen-bond acceptors (Lipinski definition) is 4. The summed E-state index contributed by atoms with van der Waals surface area (Å²) >= 11 is 0. The van der Waals surface area contributed by atoms with E-state index in [1.807, 2.05) is 12.1 Å². The molecular weight excluding hydrogens is 230 g/mol. The average molecular weight is 249 g/mol. The minimum Gasteiger partial charge on any atom is -0.489 e. The summed E-state index contributed by atoms with van der Waals surface area (Å²) in [7, 11) is 1.40. The maximum Gasteiger partial charge on any atom is 0.323 e. The third kappa shape index (κ3) is 3.01. The summed E-state index contributed by atoms with van der Waals surface area (Å²) in [5, 5.41) is 3.10. The van der Waals surface area contributed by atoms with Gasteiger partial charge in [-0.1, -0.05) is 19.1 Å². The molecule has 2 atom stereocenters. The van der Waals surface area contributed by atoms with Crippen molar-refractivity contribution in [3.8, 4) is 5.75 Å². The Kier molecular flexibility index (Phi) is 4.20. The van der Waals surface area contributed by atoms with Crippen LogP contribution in [0.25, 0.3) is 0 Å². The summed E-state index contributed by atoms with van der Waals surface area (Å²) < 4.78 is 10.5. The highest BCUT2D eigenvalue weighted by atomic mass is 16.5. The van der Waals surface area contributed by atoms with Crippen molar-refractivity contribution >= 4 is 5.97 Å². The van der Waals surface area contributed by atoms with Gasteiger partial charge in [0.1, 0.15) is 17.9 Å². The van der Waals surface area contributed by atoms with Gasteiger partial charge in [-0.05, 0) is 24.1 Å². The van der Waals surface area contributed by atoms with Gasteiger partial charge in [-0.3, -0.25) is 4.79 Å². The largest absolute Gasteiger partial charge is 0.489 e. The molecule has 4 nitrogen and oxygen atoms in total. The highest BCUT2D eigenvalue weighted by Crippen LogP contribution is 2.18. The topological polar surface area (TPSA) is 47.6 Å². The second-order valence-electron chi connectivity index (χ2n) is 4.46. The molecule has 1 heterocycles. The van der Waals surface area contributed by atoms with E-state index >= 15 is 0 Å². The van der Waals surface area contributed by atoms with E-state index in [-0.39, 0.29) is 18.1 Å². The Hall–Kier alpha value is -1.55. The van der Waals surface area contributed by atoms with Crippen LogP contribution in [0.4, 0.5) is 0 Å². The van der Waals surface area contributed by atoms with Gasteiger partial charge >= 0.3 is 5.97 Å². The zero-order valence-electron chi connectivity index (χ0n) is 10.8. The van der Waals surface area contributed by atoms with Crippen molar-refractivity contribution in [2.24, 2.45) is 0 Å². The van der Waals surface area contributed by atoms with E-state index in [9.17, 15) is 4.79 Å². The molecule has 1 aromatic rings. The van der Waals surface area contributed by atoms with Gasteiger partial charge in [0.25, 0.3) is 0 Å². The molecule has 4 heteroatoms. The summed E-state index contributed by atoms with van der Waals surface area (Å²) in [6.07, 6.45) is 1.71. The van der Waals surface area contributed by atoms with E-state index in [1.54, 1.807) is 0 Å². The highest BCUT2D eigenvalue weighted by Gasteiger charge is 2.31. The van der Waals surface area contributed by atoms with Crippen molar-refractivity contribution in [1.29, 1.82) is 0 Å². The van der Waals surface area contributed by atoms with Gasteiger partial charge in [-0.2, -0.15) is 0 Å². The second kappa shape index (κ2) is 5.87. The Morgan fingerprint density at radius 3 is 2.72 bits per heavy atom. The molecular formula is C14H19NO3. The zero-order chi connectivity index (χ0) is 13.0. The smallest absolute Gasteiger partial charge is 0.323 e. The van der Waals surface area contributed by atoms with Gasteiger partial charge in [0.05, 0.1) is 7.11 Å². The lowest BCUT2D eigenvalue weighted by Crippen LogP contribution is -2.31. The molecule has 0 bridgehead atoms. The molecule has 1 aromatic carbocycles. The Labute approximate surface area is 107 Å². The number of ether oxygens (including phenoxy) is 2. The fraction of sp³-hybridized carbons (Fsp3) is 0.500. The van der Waals surface area contributed by atoms with Crippen LogP contribution in [0.15, 0.2) is 24.3 Å². The van der Waals surface area contributed by atoms with Crippen molar-refractivity contribution in [3.05, 3.63) is 29.8 Å². The van der Waals surface area contributed by atoms with E-state index < -0.39 is 0 Å². The third-order valence-corrected chi connectivity index (χ3v) is 3.21. The Bertz CT molecular complexity index is 402. The number of nitrogens with one attached hydrogen (secondary N) is 1. The summed E-state index contributed by atoms with van der Waals surface area (Å²) in [4.78, 5) is 11.4. The first-order chi connectivity index (χ1) is 8.72. The van der Waals surface area contributed by atoms with Crippen LogP contribution in [0.3, 0.4) is 0 Å². The van der Waals surface area contributed by atoms with Crippen molar-refractivity contribution < 1.29 is 14.3 Å². The number of hydrogen-bond donors (Lipinski definition) is 1. The van der Waals surface area contributed by atoms with Gasteiger partial charge in [0.2, 0.25) is 0 Å². The molecule has 2 rings (SSSR count). The number of carbonyl (C=O) groups is 1. The second-order valence-corrected chi connectivity index (χ2v) is 4.46. The quantitative estimate of drug-likeness (QED) is 0.822. The van der Waals surface area contributed by atoms with Crippen LogP contribution in [-0.4, -0.2) is 31.8 Å². The fourth-order valence-electron chi connectivity index (χ4n) is 2.11. The SMILES string of the molecule is CCc1ccc(O[C@@H]2CN[C@H](C(=O)OC)C2)cc1. The van der Waals surface area contributed by atoms with E-state index in [4.69, 9.17) is 9.47 Å².